The van der Waals surface area contributed by atoms with Gasteiger partial charge in [-0.05, 0) is 36.2 Å². The van der Waals surface area contributed by atoms with Crippen LogP contribution in [-0.4, -0.2) is 16.7 Å². The van der Waals surface area contributed by atoms with Crippen LogP contribution in [0.5, 0.6) is 0 Å². The minimum Gasteiger partial charge on any atom is -0.455 e. The average molecular weight is 354 g/mol. The smallest absolute Gasteiger partial charge is 0.286 e. The first-order valence-electron chi connectivity index (χ1n) is 7.55. The Morgan fingerprint density at radius 3 is 2.61 bits per heavy atom. The number of halogens is 1. The lowest BCUT2D eigenvalue weighted by atomic mass is 10.2. The number of benzene rings is 1. The van der Waals surface area contributed by atoms with Crippen molar-refractivity contribution in [1.82, 2.24) is 5.32 Å². The third-order valence-corrected chi connectivity index (χ3v) is 4.76. The molecular weight excluding hydrogens is 334 g/mol. The molecule has 0 unspecified atom stereocenters. The lowest BCUT2D eigenvalue weighted by Crippen LogP contribution is -2.23. The number of rotatable bonds is 8. The van der Waals surface area contributed by atoms with Crippen molar-refractivity contribution in [2.45, 2.75) is 31.3 Å². The summed E-state index contributed by atoms with van der Waals surface area (Å²) >= 11 is 5.83. The number of furan rings is 1. The fourth-order valence-electron chi connectivity index (χ4n) is 2.02. The molecule has 2 rings (SSSR count). The van der Waals surface area contributed by atoms with E-state index in [1.54, 1.807) is 24.3 Å². The molecule has 1 N–H and O–H groups in total. The van der Waals surface area contributed by atoms with Gasteiger partial charge in [-0.15, -0.1) is 0 Å². The molecule has 0 saturated carbocycles. The summed E-state index contributed by atoms with van der Waals surface area (Å²) in [6.07, 6.45) is 1.96. The molecule has 2 aromatic rings. The highest BCUT2D eigenvalue weighted by molar-refractivity contribution is 7.83. The summed E-state index contributed by atoms with van der Waals surface area (Å²) in [7, 11) is -1.10. The van der Waals surface area contributed by atoms with E-state index < -0.39 is 10.8 Å². The average Bonchev–Trinajstić information content (AvgIpc) is 2.98. The molecular formula is C17H20ClNO3S. The zero-order valence-corrected chi connectivity index (χ0v) is 14.6. The van der Waals surface area contributed by atoms with Crippen LogP contribution in [0.4, 0.5) is 0 Å². The van der Waals surface area contributed by atoms with Crippen molar-refractivity contribution < 1.29 is 13.4 Å². The molecule has 0 bridgehead atoms. The van der Waals surface area contributed by atoms with Crippen LogP contribution < -0.4 is 5.32 Å². The highest BCUT2D eigenvalue weighted by Gasteiger charge is 2.12. The third kappa shape index (κ3) is 5.84. The molecule has 0 saturated heterocycles. The minimum absolute atomic E-state index is 0.229. The molecule has 0 spiro atoms. The van der Waals surface area contributed by atoms with Gasteiger partial charge in [-0.1, -0.05) is 37.1 Å². The molecule has 0 aliphatic rings. The minimum atomic E-state index is -1.10. The van der Waals surface area contributed by atoms with Gasteiger partial charge in [0.25, 0.3) is 5.91 Å². The molecule has 124 valence electrons. The van der Waals surface area contributed by atoms with Crippen LogP contribution in [0.2, 0.25) is 5.02 Å². The highest BCUT2D eigenvalue weighted by atomic mass is 35.5. The Labute approximate surface area is 143 Å². The number of nitrogens with one attached hydrogen (secondary N) is 1. The fourth-order valence-corrected chi connectivity index (χ4v) is 3.28. The van der Waals surface area contributed by atoms with E-state index >= 15 is 0 Å². The second-order valence-corrected chi connectivity index (χ2v) is 7.12. The first kappa shape index (κ1) is 17.8. The van der Waals surface area contributed by atoms with Crippen LogP contribution >= 0.6 is 11.6 Å². The zero-order valence-electron chi connectivity index (χ0n) is 13.0. The summed E-state index contributed by atoms with van der Waals surface area (Å²) in [5.41, 5.74) is 0.955. The summed E-state index contributed by atoms with van der Waals surface area (Å²) in [6.45, 7) is 2.70. The number of amides is 1. The van der Waals surface area contributed by atoms with Crippen LogP contribution in [0.25, 0.3) is 0 Å². The van der Waals surface area contributed by atoms with Crippen molar-refractivity contribution in [1.29, 1.82) is 0 Å². The normalized spacial score (nSPS) is 12.1. The van der Waals surface area contributed by atoms with Crippen molar-refractivity contribution in [3.8, 4) is 0 Å². The van der Waals surface area contributed by atoms with Gasteiger partial charge in [0.15, 0.2) is 5.76 Å². The van der Waals surface area contributed by atoms with Crippen LogP contribution in [0.15, 0.2) is 40.8 Å². The van der Waals surface area contributed by atoms with E-state index in [1.165, 1.54) is 0 Å². The van der Waals surface area contributed by atoms with Gasteiger partial charge in [0.05, 0.1) is 5.75 Å². The maximum Gasteiger partial charge on any atom is 0.286 e. The monoisotopic (exact) mass is 353 g/mol. The predicted molar refractivity (Wildman–Crippen MR) is 93.0 cm³/mol. The molecule has 0 fully saturated rings. The Morgan fingerprint density at radius 1 is 1.17 bits per heavy atom. The van der Waals surface area contributed by atoms with E-state index in [1.807, 2.05) is 12.1 Å². The Bertz CT molecular complexity index is 667. The first-order chi connectivity index (χ1) is 11.1. The van der Waals surface area contributed by atoms with Gasteiger partial charge < -0.3 is 9.73 Å². The quantitative estimate of drug-likeness (QED) is 0.732. The third-order valence-electron chi connectivity index (χ3n) is 3.25. The lowest BCUT2D eigenvalue weighted by molar-refractivity contribution is 0.0924. The maximum atomic E-state index is 12.2. The summed E-state index contributed by atoms with van der Waals surface area (Å²) in [6, 6.07) is 10.6. The topological polar surface area (TPSA) is 59.3 Å². The van der Waals surface area contributed by atoms with Crippen molar-refractivity contribution in [3.63, 3.8) is 0 Å². The Morgan fingerprint density at radius 2 is 1.91 bits per heavy atom. The number of unbranched alkanes of at least 4 members (excludes halogenated alkanes) is 1. The van der Waals surface area contributed by atoms with Crippen molar-refractivity contribution >= 4 is 28.3 Å². The summed E-state index contributed by atoms with van der Waals surface area (Å²) < 4.78 is 17.7. The van der Waals surface area contributed by atoms with Gasteiger partial charge in [0, 0.05) is 28.1 Å². The van der Waals surface area contributed by atoms with E-state index in [9.17, 15) is 9.00 Å². The molecule has 1 aromatic carbocycles. The predicted octanol–water partition coefficient (Wildman–Crippen LogP) is 3.91. The van der Waals surface area contributed by atoms with E-state index in [-0.39, 0.29) is 17.4 Å². The lowest BCUT2D eigenvalue weighted by Gasteiger charge is -2.02. The molecule has 1 heterocycles. The second-order valence-electron chi connectivity index (χ2n) is 5.23. The molecule has 1 atom stereocenters. The van der Waals surface area contributed by atoms with E-state index in [4.69, 9.17) is 16.0 Å². The van der Waals surface area contributed by atoms with Crippen LogP contribution in [0.3, 0.4) is 0 Å². The van der Waals surface area contributed by atoms with Crippen molar-refractivity contribution in [2.24, 2.45) is 0 Å². The zero-order chi connectivity index (χ0) is 16.7. The Hall–Kier alpha value is -1.59. The van der Waals surface area contributed by atoms with Crippen LogP contribution in [0.1, 0.15) is 41.6 Å². The van der Waals surface area contributed by atoms with Gasteiger partial charge in [0.2, 0.25) is 0 Å². The molecule has 1 aromatic heterocycles. The van der Waals surface area contributed by atoms with Gasteiger partial charge in [-0.25, -0.2) is 0 Å². The van der Waals surface area contributed by atoms with Crippen LogP contribution in [0, 0.1) is 0 Å². The maximum absolute atomic E-state index is 12.2. The largest absolute Gasteiger partial charge is 0.455 e. The second kappa shape index (κ2) is 8.89. The Kier molecular flexibility index (Phi) is 6.86. The van der Waals surface area contributed by atoms with E-state index in [0.717, 1.165) is 18.4 Å². The molecule has 4 nitrogen and oxygen atoms in total. The van der Waals surface area contributed by atoms with E-state index in [2.05, 4.69) is 12.2 Å². The summed E-state index contributed by atoms with van der Waals surface area (Å²) in [5, 5.41) is 3.45. The molecule has 6 heteroatoms. The van der Waals surface area contributed by atoms with Gasteiger partial charge in [-0.3, -0.25) is 9.00 Å². The number of carbonyl (C=O) groups excluding carboxylic acids is 1. The van der Waals surface area contributed by atoms with Crippen molar-refractivity contribution in [3.05, 3.63) is 58.5 Å². The van der Waals surface area contributed by atoms with Crippen molar-refractivity contribution in [2.75, 3.05) is 6.54 Å². The number of carbonyl (C=O) groups is 1. The summed E-state index contributed by atoms with van der Waals surface area (Å²) in [5.74, 6) is 1.30. The van der Waals surface area contributed by atoms with Gasteiger partial charge in [-0.2, -0.15) is 0 Å². The molecule has 0 radical (unpaired) electrons. The summed E-state index contributed by atoms with van der Waals surface area (Å²) in [4.78, 5) is 11.8. The standard InChI is InChI=1S/C17H20ClNO3S/c1-2-3-10-19-17(20)16-9-8-15(22-16)12-23(21)11-13-4-6-14(18)7-5-13/h4-9H,2-3,10-12H2,1H3,(H,19,20)/t23-/m0/s1. The number of hydrogen-bond donors (Lipinski definition) is 1. The van der Waals surface area contributed by atoms with E-state index in [0.29, 0.717) is 23.1 Å². The highest BCUT2D eigenvalue weighted by Crippen LogP contribution is 2.15. The molecule has 0 aliphatic carbocycles. The fraction of sp³-hybridized carbons (Fsp3) is 0.353. The van der Waals surface area contributed by atoms with Crippen LogP contribution in [-0.2, 0) is 22.3 Å². The Balaban J connectivity index is 1.87. The van der Waals surface area contributed by atoms with Gasteiger partial charge >= 0.3 is 0 Å². The SMILES string of the molecule is CCCCNC(=O)c1ccc(C[S@@](=O)Cc2ccc(Cl)cc2)o1. The first-order valence-corrected chi connectivity index (χ1v) is 9.41. The molecule has 0 aliphatic heterocycles. The van der Waals surface area contributed by atoms with Gasteiger partial charge in [0.1, 0.15) is 5.76 Å². The molecule has 23 heavy (non-hydrogen) atoms. The molecule has 1 amide bonds. The number of hydrogen-bond acceptors (Lipinski definition) is 3.